The molecule has 4 nitrogen and oxygen atoms in total. The molecule has 0 aliphatic heterocycles. The Bertz CT molecular complexity index is 855. The summed E-state index contributed by atoms with van der Waals surface area (Å²) in [4.78, 5) is 12.2. The number of benzene rings is 2. The molecule has 0 bridgehead atoms. The Morgan fingerprint density at radius 1 is 1.12 bits per heavy atom. The molecule has 5 heteroatoms. The minimum atomic E-state index is -0.417. The molecule has 122 valence electrons. The lowest BCUT2D eigenvalue weighted by atomic mass is 10.1. The molecule has 0 atom stereocenters. The van der Waals surface area contributed by atoms with Gasteiger partial charge in [-0.15, -0.1) is 0 Å². The topological polar surface area (TPSA) is 44.1 Å². The van der Waals surface area contributed by atoms with Crippen LogP contribution in [0.15, 0.2) is 54.6 Å². The molecule has 0 spiro atoms. The third kappa shape index (κ3) is 3.05. The zero-order chi connectivity index (χ0) is 17.1. The van der Waals surface area contributed by atoms with E-state index in [1.54, 1.807) is 11.6 Å². The Balaban J connectivity index is 2.21. The van der Waals surface area contributed by atoms with Crippen LogP contribution in [0.1, 0.15) is 23.0 Å². The zero-order valence-corrected chi connectivity index (χ0v) is 14.2. The number of halogens is 1. The van der Waals surface area contributed by atoms with Crippen molar-refractivity contribution in [2.24, 2.45) is 0 Å². The lowest BCUT2D eigenvalue weighted by molar-refractivity contribution is 0.0518. The van der Waals surface area contributed by atoms with Crippen LogP contribution in [0.5, 0.6) is 0 Å². The Kier molecular flexibility index (Phi) is 4.67. The predicted octanol–water partition coefficient (Wildman–Crippen LogP) is 4.68. The summed E-state index contributed by atoms with van der Waals surface area (Å²) in [5, 5.41) is 5.17. The van der Waals surface area contributed by atoms with Gasteiger partial charge in [-0.3, -0.25) is 0 Å². The summed E-state index contributed by atoms with van der Waals surface area (Å²) in [6, 6.07) is 17.2. The maximum Gasteiger partial charge on any atom is 0.359 e. The van der Waals surface area contributed by atoms with Gasteiger partial charge in [-0.2, -0.15) is 5.10 Å². The Morgan fingerprint density at radius 2 is 1.79 bits per heavy atom. The van der Waals surface area contributed by atoms with Gasteiger partial charge in [0, 0.05) is 16.1 Å². The molecule has 0 N–H and O–H groups in total. The Labute approximate surface area is 145 Å². The van der Waals surface area contributed by atoms with Crippen LogP contribution in [-0.2, 0) is 4.74 Å². The van der Waals surface area contributed by atoms with E-state index < -0.39 is 5.97 Å². The van der Waals surface area contributed by atoms with Crippen LogP contribution in [0, 0.1) is 6.92 Å². The number of carbonyl (C=O) groups is 1. The second-order valence-corrected chi connectivity index (χ2v) is 5.73. The van der Waals surface area contributed by atoms with Crippen LogP contribution in [0.4, 0.5) is 0 Å². The first-order chi connectivity index (χ1) is 11.6. The number of para-hydroxylation sites is 1. The van der Waals surface area contributed by atoms with E-state index in [0.717, 1.165) is 22.5 Å². The molecule has 0 aliphatic rings. The molecule has 3 rings (SSSR count). The van der Waals surface area contributed by atoms with Gasteiger partial charge >= 0.3 is 5.97 Å². The molecule has 1 aromatic heterocycles. The van der Waals surface area contributed by atoms with E-state index in [4.69, 9.17) is 16.3 Å². The van der Waals surface area contributed by atoms with Crippen LogP contribution in [-0.4, -0.2) is 22.4 Å². The number of hydrogen-bond donors (Lipinski definition) is 0. The molecule has 1 heterocycles. The number of nitrogens with zero attached hydrogens (tertiary/aromatic N) is 2. The largest absolute Gasteiger partial charge is 0.461 e. The highest BCUT2D eigenvalue weighted by Gasteiger charge is 2.22. The number of rotatable bonds is 4. The first kappa shape index (κ1) is 16.3. The molecule has 0 aliphatic carbocycles. The van der Waals surface area contributed by atoms with E-state index in [0.29, 0.717) is 17.3 Å². The van der Waals surface area contributed by atoms with Crippen molar-refractivity contribution < 1.29 is 9.53 Å². The second-order valence-electron chi connectivity index (χ2n) is 5.30. The molecule has 24 heavy (non-hydrogen) atoms. The van der Waals surface area contributed by atoms with Crippen LogP contribution in [0.25, 0.3) is 16.9 Å². The average molecular weight is 341 g/mol. The van der Waals surface area contributed by atoms with Gasteiger partial charge in [0.15, 0.2) is 5.69 Å². The highest BCUT2D eigenvalue weighted by atomic mass is 35.5. The van der Waals surface area contributed by atoms with Crippen molar-refractivity contribution in [3.8, 4) is 16.9 Å². The van der Waals surface area contributed by atoms with Gasteiger partial charge in [0.05, 0.1) is 18.0 Å². The quantitative estimate of drug-likeness (QED) is 0.648. The third-order valence-electron chi connectivity index (χ3n) is 3.71. The normalized spacial score (nSPS) is 10.6. The van der Waals surface area contributed by atoms with E-state index in [2.05, 4.69) is 5.10 Å². The fourth-order valence-corrected chi connectivity index (χ4v) is 2.72. The SMILES string of the molecule is CCOC(=O)c1nn(-c2ccccc2)c(-c2ccc(Cl)cc2)c1C. The lowest BCUT2D eigenvalue weighted by Crippen LogP contribution is -2.07. The summed E-state index contributed by atoms with van der Waals surface area (Å²) in [6.45, 7) is 3.97. The number of aromatic nitrogens is 2. The van der Waals surface area contributed by atoms with Crippen LogP contribution in [0.2, 0.25) is 5.02 Å². The number of esters is 1. The monoisotopic (exact) mass is 340 g/mol. The van der Waals surface area contributed by atoms with E-state index >= 15 is 0 Å². The molecule has 2 aromatic carbocycles. The summed E-state index contributed by atoms with van der Waals surface area (Å²) in [6.07, 6.45) is 0. The van der Waals surface area contributed by atoms with Gasteiger partial charge < -0.3 is 4.74 Å². The third-order valence-corrected chi connectivity index (χ3v) is 3.96. The molecule has 0 saturated heterocycles. The van der Waals surface area contributed by atoms with Gasteiger partial charge in [-0.1, -0.05) is 41.9 Å². The first-order valence-electron chi connectivity index (χ1n) is 7.70. The van der Waals surface area contributed by atoms with Crippen molar-refractivity contribution in [1.29, 1.82) is 0 Å². The fraction of sp³-hybridized carbons (Fsp3) is 0.158. The first-order valence-corrected chi connectivity index (χ1v) is 8.07. The molecular formula is C19H17ClN2O2. The van der Waals surface area contributed by atoms with Gasteiger partial charge in [0.2, 0.25) is 0 Å². The minimum absolute atomic E-state index is 0.312. The number of ether oxygens (including phenoxy) is 1. The fourth-order valence-electron chi connectivity index (χ4n) is 2.59. The van der Waals surface area contributed by atoms with Gasteiger partial charge in [-0.25, -0.2) is 9.48 Å². The van der Waals surface area contributed by atoms with Gasteiger partial charge in [0.25, 0.3) is 0 Å². The van der Waals surface area contributed by atoms with Crippen molar-refractivity contribution in [1.82, 2.24) is 9.78 Å². The summed E-state index contributed by atoms with van der Waals surface area (Å²) in [5.74, 6) is -0.417. The molecule has 0 saturated carbocycles. The molecule has 3 aromatic rings. The maximum atomic E-state index is 12.2. The molecule has 0 unspecified atom stereocenters. The predicted molar refractivity (Wildman–Crippen MR) is 94.7 cm³/mol. The van der Waals surface area contributed by atoms with Crippen LogP contribution >= 0.6 is 11.6 Å². The van der Waals surface area contributed by atoms with E-state index in [1.165, 1.54) is 0 Å². The maximum absolute atomic E-state index is 12.2. The molecular weight excluding hydrogens is 324 g/mol. The van der Waals surface area contributed by atoms with Crippen molar-refractivity contribution in [3.05, 3.63) is 70.9 Å². The average Bonchev–Trinajstić information content (AvgIpc) is 2.94. The van der Waals surface area contributed by atoms with Crippen molar-refractivity contribution in [2.75, 3.05) is 6.61 Å². The van der Waals surface area contributed by atoms with Crippen LogP contribution in [0.3, 0.4) is 0 Å². The summed E-state index contributed by atoms with van der Waals surface area (Å²) in [7, 11) is 0. The zero-order valence-electron chi connectivity index (χ0n) is 13.5. The van der Waals surface area contributed by atoms with Crippen molar-refractivity contribution in [3.63, 3.8) is 0 Å². The van der Waals surface area contributed by atoms with Crippen LogP contribution < -0.4 is 0 Å². The Morgan fingerprint density at radius 3 is 2.42 bits per heavy atom. The minimum Gasteiger partial charge on any atom is -0.461 e. The van der Waals surface area contributed by atoms with Gasteiger partial charge in [-0.05, 0) is 38.1 Å². The van der Waals surface area contributed by atoms with E-state index in [1.807, 2.05) is 61.5 Å². The van der Waals surface area contributed by atoms with Crippen molar-refractivity contribution >= 4 is 17.6 Å². The van der Waals surface area contributed by atoms with Crippen molar-refractivity contribution in [2.45, 2.75) is 13.8 Å². The smallest absolute Gasteiger partial charge is 0.359 e. The molecule has 0 amide bonds. The summed E-state index contributed by atoms with van der Waals surface area (Å²) in [5.41, 5.74) is 3.76. The van der Waals surface area contributed by atoms with Gasteiger partial charge in [0.1, 0.15) is 0 Å². The highest BCUT2D eigenvalue weighted by molar-refractivity contribution is 6.30. The molecule has 0 fully saturated rings. The summed E-state index contributed by atoms with van der Waals surface area (Å²) < 4.78 is 6.90. The highest BCUT2D eigenvalue weighted by Crippen LogP contribution is 2.30. The second kappa shape index (κ2) is 6.89. The lowest BCUT2D eigenvalue weighted by Gasteiger charge is -2.08. The standard InChI is InChI=1S/C19H17ClN2O2/c1-3-24-19(23)17-13(2)18(14-9-11-15(20)12-10-14)22(21-17)16-7-5-4-6-8-16/h4-12H,3H2,1-2H3. The molecule has 0 radical (unpaired) electrons. The number of hydrogen-bond acceptors (Lipinski definition) is 3. The number of carbonyl (C=O) groups excluding carboxylic acids is 1. The van der Waals surface area contributed by atoms with E-state index in [9.17, 15) is 4.79 Å². The van der Waals surface area contributed by atoms with E-state index in [-0.39, 0.29) is 0 Å². The Hall–Kier alpha value is -2.59. The summed E-state index contributed by atoms with van der Waals surface area (Å²) >= 11 is 6.00.